The first kappa shape index (κ1) is 55.2. The zero-order valence-electron chi connectivity index (χ0n) is 45.7. The van der Waals surface area contributed by atoms with Crippen molar-refractivity contribution in [1.82, 2.24) is 54.7 Å². The van der Waals surface area contributed by atoms with Gasteiger partial charge in [-0.2, -0.15) is 10.1 Å². The Morgan fingerprint density at radius 3 is 2.36 bits per heavy atom. The maximum Gasteiger partial charge on any atom is 0.300 e. The Labute approximate surface area is 469 Å². The second-order valence-corrected chi connectivity index (χ2v) is 21.7. The van der Waals surface area contributed by atoms with Crippen LogP contribution in [0, 0.1) is 6.92 Å². The third-order valence-electron chi connectivity index (χ3n) is 15.4. The molecule has 0 bridgehead atoms. The maximum absolute atomic E-state index is 13.7. The number of ether oxygens (including phenoxy) is 1. The number of H-pyrrole nitrogens is 1. The molecular formula is C62H68ClN11O6. The molecule has 5 aromatic carbocycles. The van der Waals surface area contributed by atoms with E-state index in [9.17, 15) is 24.3 Å². The smallest absolute Gasteiger partial charge is 0.300 e. The molecule has 4 aromatic heterocycles. The van der Waals surface area contributed by atoms with E-state index in [1.165, 1.54) is 10.9 Å². The zero-order valence-corrected chi connectivity index (χ0v) is 46.5. The monoisotopic (exact) mass is 1100 g/mol. The minimum atomic E-state index is -1.16. The molecule has 0 aliphatic carbocycles. The molecule has 0 saturated carbocycles. The molecule has 17 nitrogen and oxygen atoms in total. The molecule has 80 heavy (non-hydrogen) atoms. The molecule has 0 spiro atoms. The van der Waals surface area contributed by atoms with Crippen LogP contribution < -0.4 is 26.2 Å². The average molecular weight is 1100 g/mol. The molecule has 414 valence electrons. The summed E-state index contributed by atoms with van der Waals surface area (Å²) < 4.78 is 11.3. The summed E-state index contributed by atoms with van der Waals surface area (Å²) in [6.45, 7) is 6.66. The molecule has 1 atom stereocenters. The van der Waals surface area contributed by atoms with Gasteiger partial charge < -0.3 is 40.2 Å². The van der Waals surface area contributed by atoms with Crippen LogP contribution in [0.1, 0.15) is 91.3 Å². The number of aliphatic hydroxyl groups is 1. The summed E-state index contributed by atoms with van der Waals surface area (Å²) in [4.78, 5) is 67.1. The minimum Gasteiger partial charge on any atom is -0.426 e. The first-order valence-corrected chi connectivity index (χ1v) is 27.9. The highest BCUT2D eigenvalue weighted by atomic mass is 35.5. The lowest BCUT2D eigenvalue weighted by Gasteiger charge is -2.38. The quantitative estimate of drug-likeness (QED) is 0.0406. The van der Waals surface area contributed by atoms with E-state index in [1.807, 2.05) is 104 Å². The number of halogens is 1. The Balaban J connectivity index is 0.604. The van der Waals surface area contributed by atoms with Gasteiger partial charge in [-0.1, -0.05) is 105 Å². The van der Waals surface area contributed by atoms with Gasteiger partial charge in [0.05, 0.1) is 46.8 Å². The van der Waals surface area contributed by atoms with Crippen LogP contribution in [0.5, 0.6) is 11.8 Å². The second kappa shape index (κ2) is 24.5. The van der Waals surface area contributed by atoms with Gasteiger partial charge >= 0.3 is 0 Å². The summed E-state index contributed by atoms with van der Waals surface area (Å²) in [5.74, 6) is 0.415. The molecule has 5 heterocycles. The number of piperidine rings is 1. The molecule has 0 unspecified atom stereocenters. The lowest BCUT2D eigenvalue weighted by atomic mass is 9.90. The highest BCUT2D eigenvalue weighted by Crippen LogP contribution is 2.35. The number of hydrogen-bond donors (Lipinski definition) is 5. The number of rotatable bonds is 22. The van der Waals surface area contributed by atoms with Gasteiger partial charge in [0.25, 0.3) is 17.5 Å². The van der Waals surface area contributed by atoms with Gasteiger partial charge in [0.2, 0.25) is 11.8 Å². The van der Waals surface area contributed by atoms with Gasteiger partial charge in [-0.15, -0.1) is 0 Å². The number of aromatic amines is 1. The zero-order chi connectivity index (χ0) is 55.9. The predicted molar refractivity (Wildman–Crippen MR) is 313 cm³/mol. The third-order valence-corrected chi connectivity index (χ3v) is 15.7. The van der Waals surface area contributed by atoms with E-state index < -0.39 is 5.60 Å². The number of aryl methyl sites for hydroxylation is 3. The minimum absolute atomic E-state index is 0.0593. The highest BCUT2D eigenvalue weighted by molar-refractivity contribution is 6.34. The van der Waals surface area contributed by atoms with Gasteiger partial charge in [-0.25, -0.2) is 4.98 Å². The van der Waals surface area contributed by atoms with Crippen LogP contribution in [-0.2, 0) is 36.8 Å². The number of nitrogens with zero attached hydrogens (tertiary/aromatic N) is 7. The molecule has 18 heteroatoms. The number of carbonyl (C=O) groups is 3. The van der Waals surface area contributed by atoms with E-state index in [1.54, 1.807) is 17.8 Å². The van der Waals surface area contributed by atoms with Crippen molar-refractivity contribution < 1.29 is 24.2 Å². The van der Waals surface area contributed by atoms with Crippen LogP contribution in [0.4, 0.5) is 0 Å². The van der Waals surface area contributed by atoms with Crippen molar-refractivity contribution >= 4 is 62.3 Å². The van der Waals surface area contributed by atoms with Gasteiger partial charge in [-0.3, -0.25) is 28.4 Å². The number of hydrogen-bond acceptors (Lipinski definition) is 10. The number of aromatic nitrogens is 7. The summed E-state index contributed by atoms with van der Waals surface area (Å²) in [7, 11) is 3.80. The van der Waals surface area contributed by atoms with E-state index >= 15 is 0 Å². The van der Waals surface area contributed by atoms with Crippen molar-refractivity contribution in [2.45, 2.75) is 89.8 Å². The van der Waals surface area contributed by atoms with E-state index in [4.69, 9.17) is 16.3 Å². The molecule has 9 aromatic rings. The molecule has 0 radical (unpaired) electrons. The van der Waals surface area contributed by atoms with E-state index in [-0.39, 0.29) is 47.8 Å². The lowest BCUT2D eigenvalue weighted by molar-refractivity contribution is -0.136. The fourth-order valence-corrected chi connectivity index (χ4v) is 11.0. The topological polar surface area (TPSA) is 206 Å². The normalized spacial score (nSPS) is 13.8. The van der Waals surface area contributed by atoms with Gasteiger partial charge in [0, 0.05) is 87.0 Å². The average Bonchev–Trinajstić information content (AvgIpc) is 4.35. The number of likely N-dealkylation sites (tertiary alicyclic amines) is 1. The van der Waals surface area contributed by atoms with Crippen LogP contribution >= 0.6 is 11.6 Å². The fourth-order valence-electron chi connectivity index (χ4n) is 10.7. The molecule has 1 saturated heterocycles. The van der Waals surface area contributed by atoms with Gasteiger partial charge in [-0.05, 0) is 103 Å². The van der Waals surface area contributed by atoms with Crippen molar-refractivity contribution in [2.24, 2.45) is 14.1 Å². The van der Waals surface area contributed by atoms with Crippen LogP contribution in [0.2, 0.25) is 5.02 Å². The van der Waals surface area contributed by atoms with E-state index in [0.717, 1.165) is 81.9 Å². The number of fused-ring (bicyclic) bond motifs is 3. The predicted octanol–water partition coefficient (Wildman–Crippen LogP) is 9.72. The Hall–Kier alpha value is -8.12. The number of benzene rings is 5. The summed E-state index contributed by atoms with van der Waals surface area (Å²) in [5, 5.41) is 27.1. The van der Waals surface area contributed by atoms with Gasteiger partial charge in [0.15, 0.2) is 5.52 Å². The number of nitrogens with one attached hydrogen (secondary N) is 4. The number of carbonyl (C=O) groups excluding carboxylic acids is 3. The highest BCUT2D eigenvalue weighted by Gasteiger charge is 2.35. The first-order chi connectivity index (χ1) is 38.7. The molecule has 3 amide bonds. The summed E-state index contributed by atoms with van der Waals surface area (Å²) in [6.07, 6.45) is 9.23. The SMILES string of the molecule is Cc1ccc(Oc2nc3cc(-c4ccc5c(ccn5C)c4)c(Cl)cc3[nH]2)cc1C(=O)NCCCCCCCNC(=O)CNCc1ccc(-c2c3ncn(CC4(O)CCN(C(=O)C[C@@H](C)c5ccccc5)CC4)c(=O)c3nn2C)cc1. The number of unbranched alkanes of at least 4 members (excludes halogenated alkanes) is 4. The fraction of sp³-hybridized carbons (Fsp3) is 0.339. The Morgan fingerprint density at radius 2 is 1.59 bits per heavy atom. The summed E-state index contributed by atoms with van der Waals surface area (Å²) >= 11 is 6.75. The van der Waals surface area contributed by atoms with Crippen LogP contribution in [-0.4, -0.2) is 99.9 Å². The maximum atomic E-state index is 13.7. The van der Waals surface area contributed by atoms with Crippen molar-refractivity contribution in [3.63, 3.8) is 0 Å². The third kappa shape index (κ3) is 12.8. The Morgan fingerprint density at radius 1 is 0.850 bits per heavy atom. The van der Waals surface area contributed by atoms with E-state index in [0.29, 0.717) is 91.1 Å². The number of imidazole rings is 1. The van der Waals surface area contributed by atoms with Crippen molar-refractivity contribution in [3.8, 4) is 34.1 Å². The molecular weight excluding hydrogens is 1030 g/mol. The molecule has 5 N–H and O–H groups in total. The van der Waals surface area contributed by atoms with Crippen molar-refractivity contribution in [2.75, 3.05) is 32.7 Å². The summed E-state index contributed by atoms with van der Waals surface area (Å²) in [5.41, 5.74) is 8.69. The standard InChI is InChI=1S/C62H68ClN11O6/c1-40-15-21-47(80-61-68-51-34-49(50(63)35-52(51)69-61)45-20-22-53-46(32-45)23-28-71(53)3)33-48(40)59(77)66-27-12-7-5-6-11-26-65-54(75)37-64-36-42-16-18-44(19-17-42)58-56-57(70-72(58)4)60(78)74(39-67-56)38-62(79)24-29-73(30-25-62)55(76)31-41(2)43-13-9-8-10-14-43/h8-10,13-23,28,32-35,39,41,64,79H,5-7,11-12,24-27,29-31,36-38H2,1-4H3,(H,65,75)(H,66,77)(H,68,69)/t41-/m1/s1. The van der Waals surface area contributed by atoms with Crippen LogP contribution in [0.3, 0.4) is 0 Å². The molecule has 1 fully saturated rings. The van der Waals surface area contributed by atoms with Crippen LogP contribution in [0.25, 0.3) is 55.4 Å². The molecule has 1 aliphatic rings. The molecule has 1 aliphatic heterocycles. The second-order valence-electron chi connectivity index (χ2n) is 21.3. The van der Waals surface area contributed by atoms with E-state index in [2.05, 4.69) is 71.8 Å². The number of amides is 3. The Kier molecular flexibility index (Phi) is 16.9. The first-order valence-electron chi connectivity index (χ1n) is 27.5. The van der Waals surface area contributed by atoms with Gasteiger partial charge in [0.1, 0.15) is 11.3 Å². The largest absolute Gasteiger partial charge is 0.426 e. The molecule has 10 rings (SSSR count). The van der Waals surface area contributed by atoms with Crippen molar-refractivity contribution in [1.29, 1.82) is 0 Å². The Bertz CT molecular complexity index is 3750. The van der Waals surface area contributed by atoms with Crippen LogP contribution in [0.15, 0.2) is 127 Å². The lowest BCUT2D eigenvalue weighted by Crippen LogP contribution is -2.49. The summed E-state index contributed by atoms with van der Waals surface area (Å²) in [6, 6.07) is 35.7. The van der Waals surface area contributed by atoms with Crippen molar-refractivity contribution in [3.05, 3.63) is 159 Å².